The van der Waals surface area contributed by atoms with Gasteiger partial charge in [0.1, 0.15) is 22.6 Å². The number of para-hydroxylation sites is 1. The quantitative estimate of drug-likeness (QED) is 0.140. The Morgan fingerprint density at radius 3 is 2.02 bits per heavy atom. The van der Waals surface area contributed by atoms with Crippen molar-refractivity contribution >= 4 is 23.4 Å². The van der Waals surface area contributed by atoms with Gasteiger partial charge in [-0.1, -0.05) is 48.5 Å². The van der Waals surface area contributed by atoms with Gasteiger partial charge in [0.05, 0.1) is 32.6 Å². The highest BCUT2D eigenvalue weighted by atomic mass is 32.2. The van der Waals surface area contributed by atoms with Gasteiger partial charge in [0.15, 0.2) is 11.5 Å². The Morgan fingerprint density at radius 2 is 1.42 bits per heavy atom. The van der Waals surface area contributed by atoms with Gasteiger partial charge < -0.3 is 24.3 Å². The van der Waals surface area contributed by atoms with Gasteiger partial charge in [-0.25, -0.2) is 4.98 Å². The standard InChI is InChI=1S/C36H31N3O5S/c1-41-32-20-25(21-33(42-2)35(32)43-3)29-22-31(24-10-6-4-7-11-24)39-36(30(29)23-37)45-19-18-34(40)38-26-14-16-28(17-15-26)44-27-12-8-5-9-13-27/h4-17,20-22H,18-19H2,1-3H3,(H,38,40). The molecule has 0 bridgehead atoms. The van der Waals surface area contributed by atoms with E-state index in [0.29, 0.717) is 61.8 Å². The van der Waals surface area contributed by atoms with E-state index in [0.717, 1.165) is 11.3 Å². The zero-order chi connectivity index (χ0) is 31.6. The van der Waals surface area contributed by atoms with Crippen LogP contribution in [0.2, 0.25) is 0 Å². The molecule has 5 aromatic rings. The molecule has 5 rings (SSSR count). The molecule has 226 valence electrons. The fourth-order valence-corrected chi connectivity index (χ4v) is 5.59. The van der Waals surface area contributed by atoms with E-state index in [1.165, 1.54) is 11.8 Å². The van der Waals surface area contributed by atoms with Crippen LogP contribution in [-0.2, 0) is 4.79 Å². The highest BCUT2D eigenvalue weighted by molar-refractivity contribution is 7.99. The van der Waals surface area contributed by atoms with Crippen LogP contribution in [0.15, 0.2) is 108 Å². The molecule has 0 aliphatic rings. The normalized spacial score (nSPS) is 10.4. The molecule has 8 nitrogen and oxygen atoms in total. The van der Waals surface area contributed by atoms with Crippen LogP contribution in [0.3, 0.4) is 0 Å². The lowest BCUT2D eigenvalue weighted by Gasteiger charge is -2.16. The number of methoxy groups -OCH3 is 3. The monoisotopic (exact) mass is 617 g/mol. The average molecular weight is 618 g/mol. The van der Waals surface area contributed by atoms with Crippen molar-refractivity contribution in [2.24, 2.45) is 0 Å². The van der Waals surface area contributed by atoms with E-state index in [1.807, 2.05) is 78.9 Å². The first-order chi connectivity index (χ1) is 22.0. The molecular weight excluding hydrogens is 586 g/mol. The van der Waals surface area contributed by atoms with Crippen molar-refractivity contribution in [1.82, 2.24) is 4.98 Å². The number of aromatic nitrogens is 1. The molecule has 1 amide bonds. The van der Waals surface area contributed by atoms with Crippen LogP contribution in [0.5, 0.6) is 28.7 Å². The number of anilines is 1. The number of pyridine rings is 1. The topological polar surface area (TPSA) is 103 Å². The highest BCUT2D eigenvalue weighted by Gasteiger charge is 2.20. The van der Waals surface area contributed by atoms with Gasteiger partial charge in [0, 0.05) is 29.0 Å². The molecule has 45 heavy (non-hydrogen) atoms. The fourth-order valence-electron chi connectivity index (χ4n) is 4.65. The third-order valence-electron chi connectivity index (χ3n) is 6.83. The number of carbonyl (C=O) groups is 1. The summed E-state index contributed by atoms with van der Waals surface area (Å²) in [5.74, 6) is 3.07. The third-order valence-corrected chi connectivity index (χ3v) is 7.81. The van der Waals surface area contributed by atoms with Crippen LogP contribution >= 0.6 is 11.8 Å². The summed E-state index contributed by atoms with van der Waals surface area (Å²) in [6, 6.07) is 34.3. The van der Waals surface area contributed by atoms with Gasteiger partial charge in [-0.05, 0) is 60.2 Å². The second-order valence-electron chi connectivity index (χ2n) is 9.71. The number of rotatable bonds is 12. The summed E-state index contributed by atoms with van der Waals surface area (Å²) in [7, 11) is 4.64. The van der Waals surface area contributed by atoms with E-state index in [1.54, 1.807) is 45.6 Å². The van der Waals surface area contributed by atoms with Gasteiger partial charge in [-0.2, -0.15) is 5.26 Å². The summed E-state index contributed by atoms with van der Waals surface area (Å²) >= 11 is 1.36. The van der Waals surface area contributed by atoms with Crippen LogP contribution in [0, 0.1) is 11.3 Å². The van der Waals surface area contributed by atoms with Gasteiger partial charge >= 0.3 is 0 Å². The molecule has 0 unspecified atom stereocenters. The molecule has 0 radical (unpaired) electrons. The molecule has 1 aromatic heterocycles. The Bertz CT molecular complexity index is 1780. The van der Waals surface area contributed by atoms with Crippen molar-refractivity contribution in [3.05, 3.63) is 109 Å². The van der Waals surface area contributed by atoms with E-state index >= 15 is 0 Å². The molecule has 0 aliphatic heterocycles. The number of benzene rings is 4. The molecular formula is C36H31N3O5S. The van der Waals surface area contributed by atoms with E-state index in [9.17, 15) is 10.1 Å². The summed E-state index contributed by atoms with van der Waals surface area (Å²) in [6.45, 7) is 0. The minimum atomic E-state index is -0.151. The number of carbonyl (C=O) groups excluding carboxylic acids is 1. The van der Waals surface area contributed by atoms with Crippen LogP contribution in [0.25, 0.3) is 22.4 Å². The van der Waals surface area contributed by atoms with Crippen molar-refractivity contribution in [1.29, 1.82) is 5.26 Å². The van der Waals surface area contributed by atoms with Gasteiger partial charge in [0.2, 0.25) is 11.7 Å². The zero-order valence-electron chi connectivity index (χ0n) is 25.1. The second kappa shape index (κ2) is 14.8. The predicted octanol–water partition coefficient (Wildman–Crippen LogP) is 8.23. The maximum atomic E-state index is 12.8. The first kappa shape index (κ1) is 31.0. The van der Waals surface area contributed by atoms with E-state index < -0.39 is 0 Å². The van der Waals surface area contributed by atoms with Gasteiger partial charge in [0.25, 0.3) is 0 Å². The minimum Gasteiger partial charge on any atom is -0.493 e. The number of thioether (sulfide) groups is 1. The molecule has 1 N–H and O–H groups in total. The molecule has 4 aromatic carbocycles. The average Bonchev–Trinajstić information content (AvgIpc) is 3.08. The van der Waals surface area contributed by atoms with Crippen molar-refractivity contribution in [2.75, 3.05) is 32.4 Å². The summed E-state index contributed by atoms with van der Waals surface area (Å²) < 4.78 is 22.5. The number of nitrogens with zero attached hydrogens (tertiary/aromatic N) is 2. The molecule has 0 spiro atoms. The summed E-state index contributed by atoms with van der Waals surface area (Å²) in [5.41, 5.74) is 4.02. The smallest absolute Gasteiger partial charge is 0.225 e. The van der Waals surface area contributed by atoms with E-state index in [-0.39, 0.29) is 12.3 Å². The predicted molar refractivity (Wildman–Crippen MR) is 176 cm³/mol. The first-order valence-electron chi connectivity index (χ1n) is 14.1. The van der Waals surface area contributed by atoms with Crippen LogP contribution in [0.4, 0.5) is 5.69 Å². The van der Waals surface area contributed by atoms with E-state index in [2.05, 4.69) is 11.4 Å². The lowest BCUT2D eigenvalue weighted by atomic mass is 9.98. The van der Waals surface area contributed by atoms with Crippen LogP contribution in [-0.4, -0.2) is 38.0 Å². The second-order valence-corrected chi connectivity index (χ2v) is 10.8. The van der Waals surface area contributed by atoms with Crippen molar-refractivity contribution in [2.45, 2.75) is 11.4 Å². The minimum absolute atomic E-state index is 0.151. The first-order valence-corrected chi connectivity index (χ1v) is 15.1. The molecule has 9 heteroatoms. The molecule has 0 fully saturated rings. The molecule has 0 aliphatic carbocycles. The number of nitrogens with one attached hydrogen (secondary N) is 1. The lowest BCUT2D eigenvalue weighted by Crippen LogP contribution is -2.12. The fraction of sp³-hybridized carbons (Fsp3) is 0.139. The van der Waals surface area contributed by atoms with Gasteiger partial charge in [-0.15, -0.1) is 11.8 Å². The summed E-state index contributed by atoms with van der Waals surface area (Å²) in [6.07, 6.45) is 0.217. The van der Waals surface area contributed by atoms with E-state index in [4.69, 9.17) is 23.9 Å². The van der Waals surface area contributed by atoms with Crippen molar-refractivity contribution in [3.63, 3.8) is 0 Å². The number of ether oxygens (including phenoxy) is 4. The summed E-state index contributed by atoms with van der Waals surface area (Å²) in [4.78, 5) is 17.7. The van der Waals surface area contributed by atoms with Crippen LogP contribution in [0.1, 0.15) is 12.0 Å². The Morgan fingerprint density at radius 1 is 0.800 bits per heavy atom. The highest BCUT2D eigenvalue weighted by Crippen LogP contribution is 2.43. The van der Waals surface area contributed by atoms with Crippen molar-refractivity contribution < 1.29 is 23.7 Å². The lowest BCUT2D eigenvalue weighted by molar-refractivity contribution is -0.115. The number of hydrogen-bond donors (Lipinski definition) is 1. The molecule has 0 saturated heterocycles. The maximum absolute atomic E-state index is 12.8. The third kappa shape index (κ3) is 7.55. The molecule has 1 heterocycles. The van der Waals surface area contributed by atoms with Crippen LogP contribution < -0.4 is 24.3 Å². The SMILES string of the molecule is COc1cc(-c2cc(-c3ccccc3)nc(SCCC(=O)Nc3ccc(Oc4ccccc4)cc3)c2C#N)cc(OC)c1OC. The Hall–Kier alpha value is -5.46. The Kier molecular flexibility index (Phi) is 10.2. The number of amides is 1. The largest absolute Gasteiger partial charge is 0.493 e. The Balaban J connectivity index is 1.36. The zero-order valence-corrected chi connectivity index (χ0v) is 25.9. The maximum Gasteiger partial charge on any atom is 0.225 e. The summed E-state index contributed by atoms with van der Waals surface area (Å²) in [5, 5.41) is 13.8. The Labute approximate surface area is 266 Å². The number of hydrogen-bond acceptors (Lipinski definition) is 8. The number of nitriles is 1. The van der Waals surface area contributed by atoms with Crippen molar-refractivity contribution in [3.8, 4) is 57.2 Å². The molecule has 0 saturated carbocycles. The molecule has 0 atom stereocenters. The van der Waals surface area contributed by atoms with Gasteiger partial charge in [-0.3, -0.25) is 4.79 Å².